The number of hydrogen-bond acceptors (Lipinski definition) is 5. The second-order valence-electron chi connectivity index (χ2n) is 34.4. The Morgan fingerprint density at radius 1 is 0.182 bits per heavy atom. The van der Waals surface area contributed by atoms with E-state index in [0.717, 1.165) is 72.1 Å². The van der Waals surface area contributed by atoms with Crippen molar-refractivity contribution in [1.82, 2.24) is 23.7 Å². The number of furan rings is 1. The van der Waals surface area contributed by atoms with Crippen molar-refractivity contribution in [3.63, 3.8) is 0 Å². The molecule has 7 heterocycles. The van der Waals surface area contributed by atoms with Crippen molar-refractivity contribution in [2.75, 3.05) is 0 Å². The molecule has 0 saturated carbocycles. The zero-order valence-corrected chi connectivity index (χ0v) is 72.9. The lowest BCUT2D eigenvalue weighted by molar-refractivity contribution is 0.673. The number of benzene rings is 22. The van der Waals surface area contributed by atoms with Gasteiger partial charge in [-0.2, -0.15) is 0 Å². The van der Waals surface area contributed by atoms with E-state index in [1.807, 2.05) is 40.9 Å². The van der Waals surface area contributed by atoms with Crippen molar-refractivity contribution in [3.05, 3.63) is 455 Å². The van der Waals surface area contributed by atoms with Gasteiger partial charge in [-0.15, -0.1) is 22.7 Å². The molecule has 0 fully saturated rings. The van der Waals surface area contributed by atoms with E-state index in [9.17, 15) is 0 Å². The molecule has 0 radical (unpaired) electrons. The average molecular weight is 1720 g/mol. The van der Waals surface area contributed by atoms with Crippen LogP contribution >= 0.6 is 22.7 Å². The van der Waals surface area contributed by atoms with E-state index in [0.29, 0.717) is 5.95 Å². The average Bonchev–Trinajstić information content (AvgIpc) is 0.953. The van der Waals surface area contributed by atoms with Crippen LogP contribution in [0.4, 0.5) is 0 Å². The Morgan fingerprint density at radius 2 is 0.561 bits per heavy atom. The minimum atomic E-state index is 0.676. The first-order chi connectivity index (χ1) is 65.5. The van der Waals surface area contributed by atoms with Crippen molar-refractivity contribution >= 4 is 215 Å². The standard InChI is InChI=1S/C48H29NS.C42H25NO.C34H21N3S/c1-2-13-34(14-3-1)49-44-26-25-41-40-19-8-9-20-46(40)50-48(41)47(44)42-24-22-33(29-45(42)49)31-12-10-11-30(27-31)32-21-23-39-37-17-5-4-15-35(37)36-16-6-7-18-38(36)43(39)28-32;1-2-14-31-29(12-1)30-13-3-4-15-32(30)37-25-27(20-21-33(31)37)26-10-9-11-28(24-26)43-38-18-7-5-17-36(38)41-39(43)23-22-35-34-16-6-8-19-40(34)44-42(35)41;1-3-11-22(12-4-1)26-21-27(23-13-5-2-6-14-23)36-34(35-26)37-28-17-9-7-15-24(28)32-29(37)19-20-31-33(32)25-16-8-10-18-30(25)38-31/h1-29H;1-25H;1-21H. The van der Waals surface area contributed by atoms with Gasteiger partial charge in [0, 0.05) is 101 Å². The number of rotatable bonds is 8. The van der Waals surface area contributed by atoms with Gasteiger partial charge in [0.2, 0.25) is 5.95 Å². The summed E-state index contributed by atoms with van der Waals surface area (Å²) in [7, 11) is 0. The lowest BCUT2D eigenvalue weighted by atomic mass is 9.91. The summed E-state index contributed by atoms with van der Waals surface area (Å²) < 4.78 is 18.9. The molecule has 0 spiro atoms. The summed E-state index contributed by atoms with van der Waals surface area (Å²) in [4.78, 5) is 10.3. The molecule has 7 aromatic heterocycles. The molecule has 29 rings (SSSR count). The topological polar surface area (TPSA) is 53.7 Å². The van der Waals surface area contributed by atoms with Crippen molar-refractivity contribution in [2.24, 2.45) is 0 Å². The molecule has 29 aromatic rings. The first-order valence-corrected chi connectivity index (χ1v) is 46.6. The minimum absolute atomic E-state index is 0.676. The summed E-state index contributed by atoms with van der Waals surface area (Å²) in [6, 6.07) is 164. The van der Waals surface area contributed by atoms with Gasteiger partial charge >= 0.3 is 0 Å². The van der Waals surface area contributed by atoms with Crippen LogP contribution in [0.1, 0.15) is 0 Å². The molecule has 6 nitrogen and oxygen atoms in total. The van der Waals surface area contributed by atoms with Crippen LogP contribution in [0.2, 0.25) is 0 Å². The van der Waals surface area contributed by atoms with Crippen LogP contribution < -0.4 is 0 Å². The van der Waals surface area contributed by atoms with Gasteiger partial charge in [-0.05, 0) is 213 Å². The molecule has 614 valence electrons. The van der Waals surface area contributed by atoms with E-state index < -0.39 is 0 Å². The molecule has 0 aliphatic rings. The van der Waals surface area contributed by atoms with Crippen LogP contribution in [0.5, 0.6) is 0 Å². The molecular formula is C124H75N5OS2. The highest BCUT2D eigenvalue weighted by Gasteiger charge is 2.25. The van der Waals surface area contributed by atoms with Crippen molar-refractivity contribution < 1.29 is 4.42 Å². The van der Waals surface area contributed by atoms with Crippen LogP contribution in [0.3, 0.4) is 0 Å². The van der Waals surface area contributed by atoms with E-state index in [-0.39, 0.29) is 0 Å². The Hall–Kier alpha value is -16.9. The summed E-state index contributed by atoms with van der Waals surface area (Å²) >= 11 is 3.75. The van der Waals surface area contributed by atoms with Crippen molar-refractivity contribution in [3.8, 4) is 73.2 Å². The van der Waals surface area contributed by atoms with Crippen LogP contribution in [-0.4, -0.2) is 23.7 Å². The maximum Gasteiger partial charge on any atom is 0.235 e. The van der Waals surface area contributed by atoms with Gasteiger partial charge in [0.05, 0.1) is 49.9 Å². The van der Waals surface area contributed by atoms with Gasteiger partial charge in [0.25, 0.3) is 0 Å². The Kier molecular flexibility index (Phi) is 17.3. The minimum Gasteiger partial charge on any atom is -0.455 e. The van der Waals surface area contributed by atoms with E-state index in [1.165, 1.54) is 188 Å². The number of para-hydroxylation sites is 4. The zero-order chi connectivity index (χ0) is 86.6. The summed E-state index contributed by atoms with van der Waals surface area (Å²) in [5.41, 5.74) is 22.4. The number of nitrogens with zero attached hydrogens (tertiary/aromatic N) is 5. The number of fused-ring (bicyclic) bond motifs is 33. The summed E-state index contributed by atoms with van der Waals surface area (Å²) in [6.07, 6.45) is 0. The molecular weight excluding hydrogens is 1640 g/mol. The SMILES string of the molecule is c1cc(-c2ccc3c4ccccc4c4ccccc4c3c2)cc(-n2c3ccccc3c3c4oc5ccccc5c4ccc32)c1.c1ccc(-c2cc(-c3ccccc3)nc(-n3c4ccccc4c4c5c(ccc43)sc3ccccc35)n2)cc1.c1ccc(-n2c3cc(-c4cccc(-c5ccc6c7ccccc7c7ccccc7c6c5)c4)ccc3c3c4sc5ccccc5c4ccc32)cc1. The molecule has 0 aliphatic carbocycles. The van der Waals surface area contributed by atoms with Gasteiger partial charge in [0.1, 0.15) is 11.2 Å². The number of thiophene rings is 2. The van der Waals surface area contributed by atoms with Gasteiger partial charge in [-0.3, -0.25) is 4.57 Å². The van der Waals surface area contributed by atoms with Gasteiger partial charge in [-0.1, -0.05) is 340 Å². The van der Waals surface area contributed by atoms with Gasteiger partial charge in [-0.25, -0.2) is 9.97 Å². The van der Waals surface area contributed by atoms with E-state index >= 15 is 0 Å². The largest absolute Gasteiger partial charge is 0.455 e. The van der Waals surface area contributed by atoms with Crippen LogP contribution in [0.25, 0.3) is 266 Å². The maximum absolute atomic E-state index is 6.51. The third kappa shape index (κ3) is 12.0. The predicted molar refractivity (Wildman–Crippen MR) is 563 cm³/mol. The summed E-state index contributed by atoms with van der Waals surface area (Å²) in [6.45, 7) is 0. The first kappa shape index (κ1) is 75.3. The Labute approximate surface area is 765 Å². The summed E-state index contributed by atoms with van der Waals surface area (Å²) in [5.74, 6) is 0.676. The third-order valence-corrected chi connectivity index (χ3v) is 29.5. The van der Waals surface area contributed by atoms with Crippen molar-refractivity contribution in [1.29, 1.82) is 0 Å². The van der Waals surface area contributed by atoms with Crippen LogP contribution in [-0.2, 0) is 0 Å². The number of aromatic nitrogens is 5. The van der Waals surface area contributed by atoms with Crippen LogP contribution in [0, 0.1) is 0 Å². The molecule has 132 heavy (non-hydrogen) atoms. The smallest absolute Gasteiger partial charge is 0.235 e. The monoisotopic (exact) mass is 1710 g/mol. The van der Waals surface area contributed by atoms with E-state index in [1.54, 1.807) is 0 Å². The lowest BCUT2D eigenvalue weighted by Gasteiger charge is -2.13. The highest BCUT2D eigenvalue weighted by molar-refractivity contribution is 7.27. The highest BCUT2D eigenvalue weighted by atomic mass is 32.1. The maximum atomic E-state index is 6.51. The van der Waals surface area contributed by atoms with Gasteiger partial charge in [0.15, 0.2) is 0 Å². The first-order valence-electron chi connectivity index (χ1n) is 45.0. The third-order valence-electron chi connectivity index (χ3n) is 27.2. The molecule has 0 saturated heterocycles. The van der Waals surface area contributed by atoms with E-state index in [4.69, 9.17) is 14.4 Å². The number of hydrogen-bond donors (Lipinski definition) is 0. The second kappa shape index (κ2) is 30.4. The lowest BCUT2D eigenvalue weighted by Crippen LogP contribution is -2.03. The molecule has 0 unspecified atom stereocenters. The quantitative estimate of drug-likeness (QED) is 0.143. The van der Waals surface area contributed by atoms with E-state index in [2.05, 4.69) is 450 Å². The molecule has 8 heteroatoms. The summed E-state index contributed by atoms with van der Waals surface area (Å²) in [5, 5.41) is 30.6. The normalized spacial score (nSPS) is 11.9. The van der Waals surface area contributed by atoms with Crippen LogP contribution in [0.15, 0.2) is 459 Å². The Morgan fingerprint density at radius 3 is 1.15 bits per heavy atom. The zero-order valence-electron chi connectivity index (χ0n) is 71.3. The predicted octanol–water partition coefficient (Wildman–Crippen LogP) is 35.0. The highest BCUT2D eigenvalue weighted by Crippen LogP contribution is 2.49. The van der Waals surface area contributed by atoms with Gasteiger partial charge < -0.3 is 13.6 Å². The molecule has 0 bridgehead atoms. The Balaban J connectivity index is 0.000000102. The molecule has 0 N–H and O–H groups in total. The molecule has 0 amide bonds. The molecule has 22 aromatic carbocycles. The fourth-order valence-electron chi connectivity index (χ4n) is 21.2. The fourth-order valence-corrected chi connectivity index (χ4v) is 23.6. The fraction of sp³-hybridized carbons (Fsp3) is 0. The second-order valence-corrected chi connectivity index (χ2v) is 36.5. The molecule has 0 aliphatic heterocycles. The Bertz CT molecular complexity index is 9690. The van der Waals surface area contributed by atoms with Crippen molar-refractivity contribution in [2.45, 2.75) is 0 Å². The molecule has 0 atom stereocenters.